The average Bonchev–Trinajstić information content (AvgIpc) is 3.13. The maximum absolute atomic E-state index is 12.4. The summed E-state index contributed by atoms with van der Waals surface area (Å²) in [7, 11) is 0. The molecule has 0 saturated carbocycles. The molecule has 0 radical (unpaired) electrons. The highest BCUT2D eigenvalue weighted by Crippen LogP contribution is 2.31. The van der Waals surface area contributed by atoms with Gasteiger partial charge in [0.1, 0.15) is 22.7 Å². The van der Waals surface area contributed by atoms with E-state index in [1.807, 2.05) is 12.1 Å². The summed E-state index contributed by atoms with van der Waals surface area (Å²) in [6.07, 6.45) is 2.31. The summed E-state index contributed by atoms with van der Waals surface area (Å²) in [5, 5.41) is 1.10. The van der Waals surface area contributed by atoms with E-state index >= 15 is 0 Å². The molecule has 0 unspecified atom stereocenters. The van der Waals surface area contributed by atoms with Gasteiger partial charge in [0.25, 0.3) is 0 Å². The molecule has 0 atom stereocenters. The molecule has 0 aliphatic carbocycles. The summed E-state index contributed by atoms with van der Waals surface area (Å²) in [6, 6.07) is 9.44. The van der Waals surface area contributed by atoms with Crippen LogP contribution >= 0.6 is 27.3 Å². The maximum Gasteiger partial charge on any atom is 0.415 e. The maximum atomic E-state index is 12.4. The van der Waals surface area contributed by atoms with Crippen LogP contribution in [0.2, 0.25) is 0 Å². The smallest absolute Gasteiger partial charge is 0.410 e. The van der Waals surface area contributed by atoms with Crippen molar-refractivity contribution in [3.8, 4) is 5.75 Å². The van der Waals surface area contributed by atoms with Gasteiger partial charge in [0, 0.05) is 35.5 Å². The Morgan fingerprint density at radius 1 is 1.19 bits per heavy atom. The van der Waals surface area contributed by atoms with Crippen molar-refractivity contribution in [1.82, 2.24) is 14.9 Å². The lowest BCUT2D eigenvalue weighted by Crippen LogP contribution is -2.49. The molecule has 0 bridgehead atoms. The fourth-order valence-electron chi connectivity index (χ4n) is 3.09. The van der Waals surface area contributed by atoms with Gasteiger partial charge in [-0.15, -0.1) is 11.3 Å². The van der Waals surface area contributed by atoms with Crippen LogP contribution in [-0.4, -0.2) is 47.1 Å². The first kappa shape index (κ1) is 18.2. The normalized spacial score (nSPS) is 14.6. The standard InChI is InChI=1S/C19H19BrN4O2S/c1-2-15-11-16-17(21-12-22-18(16)27-15)23-7-9-24(10-8-23)19(25)26-14-5-3-13(20)4-6-14/h3-6,11-12H,2,7-10H2,1H3. The quantitative estimate of drug-likeness (QED) is 0.598. The number of anilines is 1. The number of piperazine rings is 1. The first-order valence-corrected chi connectivity index (χ1v) is 10.5. The first-order valence-electron chi connectivity index (χ1n) is 8.84. The molecule has 3 aromatic rings. The van der Waals surface area contributed by atoms with Crippen LogP contribution in [0.5, 0.6) is 5.75 Å². The zero-order valence-corrected chi connectivity index (χ0v) is 17.3. The predicted octanol–water partition coefficient (Wildman–Crippen LogP) is 4.34. The summed E-state index contributed by atoms with van der Waals surface area (Å²) in [4.78, 5) is 27.6. The number of halogens is 1. The fourth-order valence-corrected chi connectivity index (χ4v) is 4.28. The second kappa shape index (κ2) is 7.82. The van der Waals surface area contributed by atoms with E-state index in [0.29, 0.717) is 18.8 Å². The van der Waals surface area contributed by atoms with Crippen LogP contribution in [0.15, 0.2) is 41.1 Å². The molecule has 140 valence electrons. The van der Waals surface area contributed by atoms with E-state index < -0.39 is 0 Å². The van der Waals surface area contributed by atoms with Crippen LogP contribution in [0.4, 0.5) is 10.6 Å². The van der Waals surface area contributed by atoms with Crippen molar-refractivity contribution in [3.05, 3.63) is 46.0 Å². The van der Waals surface area contributed by atoms with Crippen molar-refractivity contribution in [2.24, 2.45) is 0 Å². The zero-order valence-electron chi connectivity index (χ0n) is 14.9. The van der Waals surface area contributed by atoms with Gasteiger partial charge >= 0.3 is 6.09 Å². The van der Waals surface area contributed by atoms with Crippen LogP contribution in [0.3, 0.4) is 0 Å². The number of hydrogen-bond donors (Lipinski definition) is 0. The SMILES string of the molecule is CCc1cc2c(N3CCN(C(=O)Oc4ccc(Br)cc4)CC3)ncnc2s1. The number of rotatable bonds is 3. The van der Waals surface area contributed by atoms with Gasteiger partial charge in [-0.2, -0.15) is 0 Å². The Kier molecular flexibility index (Phi) is 5.27. The van der Waals surface area contributed by atoms with E-state index in [2.05, 4.69) is 43.8 Å². The molecule has 1 fully saturated rings. The third-order valence-corrected chi connectivity index (χ3v) is 6.28. The molecule has 1 saturated heterocycles. The molecule has 8 heteroatoms. The summed E-state index contributed by atoms with van der Waals surface area (Å²) in [6.45, 7) is 4.79. The lowest BCUT2D eigenvalue weighted by atomic mass is 10.2. The molecule has 1 aliphatic rings. The number of aryl methyl sites for hydroxylation is 1. The third-order valence-electron chi connectivity index (χ3n) is 4.56. The molecule has 27 heavy (non-hydrogen) atoms. The minimum Gasteiger partial charge on any atom is -0.410 e. The zero-order chi connectivity index (χ0) is 18.8. The van der Waals surface area contributed by atoms with Gasteiger partial charge in [0.05, 0.1) is 5.39 Å². The Labute approximate surface area is 169 Å². The van der Waals surface area contributed by atoms with Gasteiger partial charge in [-0.25, -0.2) is 14.8 Å². The lowest BCUT2D eigenvalue weighted by Gasteiger charge is -2.34. The van der Waals surface area contributed by atoms with Crippen LogP contribution in [0.25, 0.3) is 10.2 Å². The van der Waals surface area contributed by atoms with E-state index in [4.69, 9.17) is 4.74 Å². The second-order valence-corrected chi connectivity index (χ2v) is 8.31. The Bertz CT molecular complexity index is 952. The molecule has 0 N–H and O–H groups in total. The van der Waals surface area contributed by atoms with E-state index in [9.17, 15) is 4.79 Å². The Morgan fingerprint density at radius 3 is 2.63 bits per heavy atom. The Balaban J connectivity index is 1.42. The molecule has 3 heterocycles. The van der Waals surface area contributed by atoms with E-state index in [1.54, 1.807) is 34.7 Å². The highest BCUT2D eigenvalue weighted by atomic mass is 79.9. The number of fused-ring (bicyclic) bond motifs is 1. The Hall–Kier alpha value is -2.19. The lowest BCUT2D eigenvalue weighted by molar-refractivity contribution is 0.149. The summed E-state index contributed by atoms with van der Waals surface area (Å²) in [5.41, 5.74) is 0. The number of amides is 1. The molecule has 1 aliphatic heterocycles. The monoisotopic (exact) mass is 446 g/mol. The molecule has 6 nitrogen and oxygen atoms in total. The molecule has 2 aromatic heterocycles. The number of ether oxygens (including phenoxy) is 1. The number of thiophene rings is 1. The number of nitrogens with zero attached hydrogens (tertiary/aromatic N) is 4. The molecular formula is C19H19BrN4O2S. The number of hydrogen-bond acceptors (Lipinski definition) is 6. The van der Waals surface area contributed by atoms with Crippen molar-refractivity contribution >= 4 is 49.4 Å². The van der Waals surface area contributed by atoms with Gasteiger partial charge in [0.2, 0.25) is 0 Å². The van der Waals surface area contributed by atoms with Crippen LogP contribution in [-0.2, 0) is 6.42 Å². The summed E-state index contributed by atoms with van der Waals surface area (Å²) < 4.78 is 6.41. The van der Waals surface area contributed by atoms with Crippen molar-refractivity contribution in [1.29, 1.82) is 0 Å². The third kappa shape index (κ3) is 3.91. The molecule has 1 aromatic carbocycles. The minimum absolute atomic E-state index is 0.311. The summed E-state index contributed by atoms with van der Waals surface area (Å²) in [5.74, 6) is 1.50. The molecule has 1 amide bonds. The fraction of sp³-hybridized carbons (Fsp3) is 0.316. The van der Waals surface area contributed by atoms with E-state index in [1.165, 1.54) is 4.88 Å². The molecule has 0 spiro atoms. The van der Waals surface area contributed by atoms with Crippen LogP contribution in [0.1, 0.15) is 11.8 Å². The topological polar surface area (TPSA) is 58.6 Å². The van der Waals surface area contributed by atoms with Gasteiger partial charge in [-0.1, -0.05) is 22.9 Å². The van der Waals surface area contributed by atoms with Gasteiger partial charge in [-0.05, 0) is 36.8 Å². The van der Waals surface area contributed by atoms with E-state index in [0.717, 1.165) is 40.0 Å². The number of carbonyl (C=O) groups is 1. The van der Waals surface area contributed by atoms with Gasteiger partial charge < -0.3 is 14.5 Å². The average molecular weight is 447 g/mol. The minimum atomic E-state index is -0.311. The Morgan fingerprint density at radius 2 is 1.93 bits per heavy atom. The number of benzene rings is 1. The second-order valence-electron chi connectivity index (χ2n) is 6.28. The number of aromatic nitrogens is 2. The predicted molar refractivity (Wildman–Crippen MR) is 111 cm³/mol. The molecule has 4 rings (SSSR count). The largest absolute Gasteiger partial charge is 0.415 e. The van der Waals surface area contributed by atoms with Gasteiger partial charge in [-0.3, -0.25) is 0 Å². The summed E-state index contributed by atoms with van der Waals surface area (Å²) >= 11 is 5.09. The van der Waals surface area contributed by atoms with Crippen LogP contribution in [0, 0.1) is 0 Å². The van der Waals surface area contributed by atoms with Crippen molar-refractivity contribution in [2.75, 3.05) is 31.1 Å². The van der Waals surface area contributed by atoms with Crippen molar-refractivity contribution in [2.45, 2.75) is 13.3 Å². The van der Waals surface area contributed by atoms with E-state index in [-0.39, 0.29) is 6.09 Å². The highest BCUT2D eigenvalue weighted by Gasteiger charge is 2.25. The van der Waals surface area contributed by atoms with Crippen LogP contribution < -0.4 is 9.64 Å². The number of carbonyl (C=O) groups excluding carboxylic acids is 1. The highest BCUT2D eigenvalue weighted by molar-refractivity contribution is 9.10. The van der Waals surface area contributed by atoms with Crippen molar-refractivity contribution in [3.63, 3.8) is 0 Å². The van der Waals surface area contributed by atoms with Gasteiger partial charge in [0.15, 0.2) is 0 Å². The molecular weight excluding hydrogens is 428 g/mol. The first-order chi connectivity index (χ1) is 13.1. The van der Waals surface area contributed by atoms with Crippen molar-refractivity contribution < 1.29 is 9.53 Å².